The zero-order valence-electron chi connectivity index (χ0n) is 15.5. The first kappa shape index (κ1) is 18.6. The number of hydrogen-bond acceptors (Lipinski definition) is 3. The molecular formula is C22H22N2O3. The number of aromatic nitrogens is 1. The summed E-state index contributed by atoms with van der Waals surface area (Å²) in [7, 11) is 0. The molecule has 0 unspecified atom stereocenters. The standard InChI is InChI=1S/C22H22N2O3/c1-3-4-9-17-14-16(2)15-22(25)23(17)20-12-7-5-10-18(20)19-11-6-8-13-21(19)24(26)27/h5-8,10-15H,3-4,9H2,1-2H3. The van der Waals surface area contributed by atoms with Crippen LogP contribution in [0.1, 0.15) is 31.0 Å². The van der Waals surface area contributed by atoms with E-state index in [2.05, 4.69) is 6.92 Å². The van der Waals surface area contributed by atoms with Crippen molar-refractivity contribution in [1.29, 1.82) is 0 Å². The highest BCUT2D eigenvalue weighted by Gasteiger charge is 2.19. The molecule has 0 N–H and O–H groups in total. The number of rotatable bonds is 6. The highest BCUT2D eigenvalue weighted by Crippen LogP contribution is 2.33. The van der Waals surface area contributed by atoms with Crippen molar-refractivity contribution in [2.24, 2.45) is 0 Å². The van der Waals surface area contributed by atoms with E-state index in [1.54, 1.807) is 28.8 Å². The molecule has 2 aromatic carbocycles. The van der Waals surface area contributed by atoms with Gasteiger partial charge in [0.1, 0.15) is 0 Å². The van der Waals surface area contributed by atoms with Gasteiger partial charge in [-0.25, -0.2) is 0 Å². The molecule has 1 aromatic heterocycles. The van der Waals surface area contributed by atoms with Crippen molar-refractivity contribution in [2.45, 2.75) is 33.1 Å². The first-order chi connectivity index (χ1) is 13.0. The lowest BCUT2D eigenvalue weighted by atomic mass is 10.0. The summed E-state index contributed by atoms with van der Waals surface area (Å²) in [6, 6.07) is 17.6. The SMILES string of the molecule is CCCCc1cc(C)cc(=O)n1-c1ccccc1-c1ccccc1[N+](=O)[O-]. The number of benzene rings is 2. The van der Waals surface area contributed by atoms with Crippen LogP contribution in [0, 0.1) is 17.0 Å². The summed E-state index contributed by atoms with van der Waals surface area (Å²) < 4.78 is 1.69. The van der Waals surface area contributed by atoms with Gasteiger partial charge in [0.2, 0.25) is 0 Å². The minimum Gasteiger partial charge on any atom is -0.281 e. The molecule has 1 heterocycles. The van der Waals surface area contributed by atoms with Gasteiger partial charge in [-0.15, -0.1) is 0 Å². The predicted octanol–water partition coefficient (Wildman–Crippen LogP) is 5.06. The van der Waals surface area contributed by atoms with Crippen molar-refractivity contribution in [3.63, 3.8) is 0 Å². The minimum absolute atomic E-state index is 0.0280. The van der Waals surface area contributed by atoms with Crippen LogP contribution in [0.5, 0.6) is 0 Å². The van der Waals surface area contributed by atoms with E-state index in [1.807, 2.05) is 37.3 Å². The van der Waals surface area contributed by atoms with Crippen LogP contribution >= 0.6 is 0 Å². The van der Waals surface area contributed by atoms with Crippen molar-refractivity contribution in [2.75, 3.05) is 0 Å². The molecule has 0 amide bonds. The molecule has 0 atom stereocenters. The Labute approximate surface area is 158 Å². The average Bonchev–Trinajstić information content (AvgIpc) is 2.66. The molecule has 0 bridgehead atoms. The van der Waals surface area contributed by atoms with Crippen LogP contribution in [0.25, 0.3) is 16.8 Å². The maximum atomic E-state index is 12.9. The fourth-order valence-corrected chi connectivity index (χ4v) is 3.34. The van der Waals surface area contributed by atoms with E-state index in [9.17, 15) is 14.9 Å². The van der Waals surface area contributed by atoms with Crippen molar-refractivity contribution in [3.8, 4) is 16.8 Å². The monoisotopic (exact) mass is 362 g/mol. The van der Waals surface area contributed by atoms with Gasteiger partial charge in [-0.3, -0.25) is 19.5 Å². The molecule has 138 valence electrons. The molecule has 0 aliphatic heterocycles. The fourth-order valence-electron chi connectivity index (χ4n) is 3.34. The number of nitro benzene ring substituents is 1. The third kappa shape index (κ3) is 3.82. The third-order valence-electron chi connectivity index (χ3n) is 4.58. The molecule has 0 spiro atoms. The zero-order chi connectivity index (χ0) is 19.4. The highest BCUT2D eigenvalue weighted by molar-refractivity contribution is 5.80. The van der Waals surface area contributed by atoms with Crippen molar-refractivity contribution in [1.82, 2.24) is 4.57 Å². The Hall–Kier alpha value is -3.21. The number of nitrogens with zero attached hydrogens (tertiary/aromatic N) is 2. The number of unbranched alkanes of at least 4 members (excludes halogenated alkanes) is 1. The molecule has 5 nitrogen and oxygen atoms in total. The first-order valence-electron chi connectivity index (χ1n) is 9.08. The second-order valence-corrected chi connectivity index (χ2v) is 6.59. The summed E-state index contributed by atoms with van der Waals surface area (Å²) in [4.78, 5) is 24.0. The summed E-state index contributed by atoms with van der Waals surface area (Å²) in [6.07, 6.45) is 2.77. The fraction of sp³-hybridized carbons (Fsp3) is 0.227. The Morgan fingerprint density at radius 3 is 2.37 bits per heavy atom. The summed E-state index contributed by atoms with van der Waals surface area (Å²) >= 11 is 0. The van der Waals surface area contributed by atoms with Crippen molar-refractivity contribution >= 4 is 5.69 Å². The molecule has 0 saturated carbocycles. The van der Waals surface area contributed by atoms with Crippen LogP contribution in [0.3, 0.4) is 0 Å². The summed E-state index contributed by atoms with van der Waals surface area (Å²) in [5.74, 6) is 0. The molecule has 0 fully saturated rings. The van der Waals surface area contributed by atoms with Gasteiger partial charge in [-0.05, 0) is 43.5 Å². The Kier molecular flexibility index (Phi) is 5.50. The molecule has 0 aliphatic carbocycles. The molecule has 0 radical (unpaired) electrons. The predicted molar refractivity (Wildman–Crippen MR) is 107 cm³/mol. The number of pyridine rings is 1. The quantitative estimate of drug-likeness (QED) is 0.454. The van der Waals surface area contributed by atoms with Gasteiger partial charge in [0.25, 0.3) is 11.2 Å². The van der Waals surface area contributed by atoms with Crippen LogP contribution in [0.2, 0.25) is 0 Å². The zero-order valence-corrected chi connectivity index (χ0v) is 15.5. The number of para-hydroxylation sites is 2. The number of hydrogen-bond donors (Lipinski definition) is 0. The van der Waals surface area contributed by atoms with Crippen LogP contribution in [0.4, 0.5) is 5.69 Å². The van der Waals surface area contributed by atoms with E-state index in [0.29, 0.717) is 16.8 Å². The molecule has 5 heteroatoms. The summed E-state index contributed by atoms with van der Waals surface area (Å²) in [6.45, 7) is 4.02. The molecule has 27 heavy (non-hydrogen) atoms. The molecule has 3 rings (SSSR count). The van der Waals surface area contributed by atoms with Gasteiger partial charge in [0, 0.05) is 23.4 Å². The maximum Gasteiger partial charge on any atom is 0.277 e. The van der Waals surface area contributed by atoms with Crippen molar-refractivity contribution < 1.29 is 4.92 Å². The normalized spacial score (nSPS) is 10.7. The van der Waals surface area contributed by atoms with Crippen LogP contribution in [0.15, 0.2) is 65.5 Å². The van der Waals surface area contributed by atoms with E-state index in [4.69, 9.17) is 0 Å². The minimum atomic E-state index is -0.387. The smallest absolute Gasteiger partial charge is 0.277 e. The Balaban J connectivity index is 2.28. The molecule has 0 aliphatic rings. The van der Waals surface area contributed by atoms with Gasteiger partial charge in [-0.2, -0.15) is 0 Å². The largest absolute Gasteiger partial charge is 0.281 e. The van der Waals surface area contributed by atoms with E-state index in [0.717, 1.165) is 30.5 Å². The maximum absolute atomic E-state index is 12.9. The summed E-state index contributed by atoms with van der Waals surface area (Å²) in [5, 5.41) is 11.5. The van der Waals surface area contributed by atoms with Gasteiger partial charge >= 0.3 is 0 Å². The lowest BCUT2D eigenvalue weighted by molar-refractivity contribution is -0.384. The van der Waals surface area contributed by atoms with E-state index in [-0.39, 0.29) is 16.2 Å². The van der Waals surface area contributed by atoms with E-state index < -0.39 is 0 Å². The van der Waals surface area contributed by atoms with Gasteiger partial charge in [0.05, 0.1) is 16.2 Å². The van der Waals surface area contributed by atoms with Crippen LogP contribution < -0.4 is 5.56 Å². The first-order valence-corrected chi connectivity index (χ1v) is 9.08. The lowest BCUT2D eigenvalue weighted by Gasteiger charge is -2.17. The van der Waals surface area contributed by atoms with Gasteiger partial charge < -0.3 is 0 Å². The van der Waals surface area contributed by atoms with E-state index in [1.165, 1.54) is 6.07 Å². The second-order valence-electron chi connectivity index (χ2n) is 6.59. The number of aryl methyl sites for hydroxylation is 2. The third-order valence-corrected chi connectivity index (χ3v) is 4.58. The summed E-state index contributed by atoms with van der Waals surface area (Å²) in [5.41, 5.74) is 3.61. The van der Waals surface area contributed by atoms with E-state index >= 15 is 0 Å². The van der Waals surface area contributed by atoms with Crippen molar-refractivity contribution in [3.05, 3.63) is 92.4 Å². The second kappa shape index (κ2) is 7.99. The number of nitro groups is 1. The van der Waals surface area contributed by atoms with Crippen LogP contribution in [-0.2, 0) is 6.42 Å². The Morgan fingerprint density at radius 2 is 1.67 bits per heavy atom. The van der Waals surface area contributed by atoms with Crippen LogP contribution in [-0.4, -0.2) is 9.49 Å². The Bertz CT molecular complexity index is 1040. The topological polar surface area (TPSA) is 65.1 Å². The highest BCUT2D eigenvalue weighted by atomic mass is 16.6. The Morgan fingerprint density at radius 1 is 1.00 bits per heavy atom. The van der Waals surface area contributed by atoms with Gasteiger partial charge in [0.15, 0.2) is 0 Å². The van der Waals surface area contributed by atoms with Gasteiger partial charge in [-0.1, -0.05) is 43.7 Å². The molecular weight excluding hydrogens is 340 g/mol. The molecule has 3 aromatic rings. The average molecular weight is 362 g/mol. The lowest BCUT2D eigenvalue weighted by Crippen LogP contribution is -2.22. The molecule has 0 saturated heterocycles.